The predicted molar refractivity (Wildman–Crippen MR) is 444 cm³/mol. The van der Waals surface area contributed by atoms with Crippen LogP contribution < -0.4 is 0 Å². The van der Waals surface area contributed by atoms with Crippen LogP contribution in [0.25, 0.3) is 0 Å². The van der Waals surface area contributed by atoms with Gasteiger partial charge in [0.25, 0.3) is 0 Å². The van der Waals surface area contributed by atoms with Gasteiger partial charge in [0.1, 0.15) is 0 Å². The van der Waals surface area contributed by atoms with Crippen LogP contribution in [0.5, 0.6) is 0 Å². The van der Waals surface area contributed by atoms with Gasteiger partial charge in [-0.1, -0.05) is 0 Å². The summed E-state index contributed by atoms with van der Waals surface area (Å²) in [6.45, 7) is 82.5. The first-order valence-corrected chi connectivity index (χ1v) is 52.0. The SMILES string of the molecule is CCCN(CCC)P(=NP(I)(N=P(N(CCC)CCC)(N(CCC)CCC)N(CCC)CCC)(N=P(N(CCC)CCC)(N(CCC)CCC)N(CCC)CCC)N=P(N(CCC)CCC)(N(CCC)CCC)N(CCC)CCC)(N(CCC)CCC)N(CCC)CCC. The third-order valence-electron chi connectivity index (χ3n) is 17.2. The van der Waals surface area contributed by atoms with Crippen molar-refractivity contribution >= 4 is 56.9 Å². The van der Waals surface area contributed by atoms with Gasteiger partial charge in [0.15, 0.2) is 0 Å². The molecule has 0 atom stereocenters. The fraction of sp³-hybridized carbons (Fsp3) is 1.00. The van der Waals surface area contributed by atoms with E-state index in [9.17, 15) is 0 Å². The Morgan fingerprint density at radius 3 is 0.277 bits per heavy atom. The average molecular weight is 1540 g/mol. The Morgan fingerprint density at radius 2 is 0.223 bits per heavy atom. The summed E-state index contributed by atoms with van der Waals surface area (Å²) in [4.78, 5) is -5.22. The van der Waals surface area contributed by atoms with Crippen molar-refractivity contribution in [3.63, 3.8) is 0 Å². The van der Waals surface area contributed by atoms with E-state index in [2.05, 4.69) is 244 Å². The van der Waals surface area contributed by atoms with Gasteiger partial charge in [-0.2, -0.15) is 0 Å². The number of hydrogen-bond donors (Lipinski definition) is 0. The van der Waals surface area contributed by atoms with Crippen LogP contribution in [0.1, 0.15) is 320 Å². The molecule has 0 heterocycles. The Balaban J connectivity index is 14.8. The Bertz CT molecular complexity index is 1550. The molecule has 0 aromatic carbocycles. The molecule has 0 aliphatic heterocycles. The second kappa shape index (κ2) is 54.3. The summed E-state index contributed by atoms with van der Waals surface area (Å²) in [5.74, 6) is 0. The van der Waals surface area contributed by atoms with Gasteiger partial charge in [-0.25, -0.2) is 0 Å². The summed E-state index contributed by atoms with van der Waals surface area (Å²) >= 11 is 3.25. The van der Waals surface area contributed by atoms with Crippen molar-refractivity contribution in [2.24, 2.45) is 18.1 Å². The van der Waals surface area contributed by atoms with Gasteiger partial charge in [-0.3, -0.25) is 0 Å². The Labute approximate surface area is 604 Å². The molecule has 0 radical (unpaired) electrons. The number of rotatable bonds is 64. The van der Waals surface area contributed by atoms with Crippen molar-refractivity contribution in [3.05, 3.63) is 0 Å². The number of halogens is 1. The van der Waals surface area contributed by atoms with Crippen LogP contribution in [0, 0.1) is 0 Å². The Kier molecular flexibility index (Phi) is 55.2. The molecule has 0 bridgehead atoms. The van der Waals surface area contributed by atoms with Crippen LogP contribution in [0.15, 0.2) is 18.1 Å². The van der Waals surface area contributed by atoms with Gasteiger partial charge in [-0.15, -0.1) is 0 Å². The average Bonchev–Trinajstić information content (AvgIpc) is 0.686. The number of hydrogen-bond acceptors (Lipinski definition) is 4. The molecule has 22 heteroatoms. The molecule has 0 aliphatic rings. The fourth-order valence-electron chi connectivity index (χ4n) is 14.5. The van der Waals surface area contributed by atoms with Crippen molar-refractivity contribution in [1.82, 2.24) is 56.0 Å². The monoisotopic (exact) mass is 1540 g/mol. The molecule has 94 heavy (non-hydrogen) atoms. The first-order valence-electron chi connectivity index (χ1n) is 40.7. The van der Waals surface area contributed by atoms with E-state index in [1.165, 1.54) is 0 Å². The quantitative estimate of drug-likeness (QED) is 0.0429. The summed E-state index contributed by atoms with van der Waals surface area (Å²) in [7, 11) is -12.6. The first kappa shape index (κ1) is 95.6. The van der Waals surface area contributed by atoms with E-state index < -0.39 is 34.9 Å². The molecular formula is C72H168IN16P5. The van der Waals surface area contributed by atoms with E-state index in [-0.39, 0.29) is 0 Å². The molecule has 0 saturated heterocycles. The van der Waals surface area contributed by atoms with E-state index in [1.54, 1.807) is 0 Å². The molecule has 568 valence electrons. The van der Waals surface area contributed by atoms with Gasteiger partial charge >= 0.3 is 608 Å². The molecule has 0 spiro atoms. The summed E-state index contributed by atoms with van der Waals surface area (Å²) in [6, 6.07) is 0. The van der Waals surface area contributed by atoms with E-state index in [1.807, 2.05) is 0 Å². The van der Waals surface area contributed by atoms with Crippen LogP contribution in [0.2, 0.25) is 0 Å². The second-order valence-corrected chi connectivity index (χ2v) is 47.6. The van der Waals surface area contributed by atoms with Crippen LogP contribution >= 0.6 is 56.9 Å². The fourth-order valence-corrected chi connectivity index (χ4v) is 54.2. The third-order valence-corrected chi connectivity index (χ3v) is 46.8. The van der Waals surface area contributed by atoms with Crippen LogP contribution in [-0.4, -0.2) is 213 Å². The van der Waals surface area contributed by atoms with Gasteiger partial charge < -0.3 is 0 Å². The van der Waals surface area contributed by atoms with Crippen molar-refractivity contribution in [3.8, 4) is 0 Å². The molecule has 0 aliphatic carbocycles. The molecule has 0 fully saturated rings. The predicted octanol–water partition coefficient (Wildman–Crippen LogP) is 24.8. The normalized spacial score (nSPS) is 13.8. The zero-order valence-corrected chi connectivity index (χ0v) is 74.3. The van der Waals surface area contributed by atoms with Crippen molar-refractivity contribution in [2.45, 2.75) is 320 Å². The maximum absolute atomic E-state index is 8.01. The van der Waals surface area contributed by atoms with E-state index in [4.69, 9.17) is 18.1 Å². The molecule has 0 saturated carbocycles. The Hall–Kier alpha value is 1.60. The summed E-state index contributed by atoms with van der Waals surface area (Å²) in [5.41, 5.74) is 0. The van der Waals surface area contributed by atoms with E-state index in [0.29, 0.717) is 0 Å². The summed E-state index contributed by atoms with van der Waals surface area (Å²) in [6.07, 6.45) is 25.2. The second-order valence-electron chi connectivity index (χ2n) is 26.8. The molecular weight excluding hydrogens is 1370 g/mol. The van der Waals surface area contributed by atoms with Gasteiger partial charge in [0.05, 0.1) is 0 Å². The molecule has 0 aromatic rings. The molecule has 0 amide bonds. The zero-order valence-electron chi connectivity index (χ0n) is 67.7. The summed E-state index contributed by atoms with van der Waals surface area (Å²) in [5, 5.41) is 0. The minimum atomic E-state index is -5.22. The molecule has 0 unspecified atom stereocenters. The van der Waals surface area contributed by atoms with Crippen LogP contribution in [-0.2, 0) is 0 Å². The molecule has 0 N–H and O–H groups in total. The van der Waals surface area contributed by atoms with Gasteiger partial charge in [0, 0.05) is 0 Å². The molecule has 0 rings (SSSR count). The third kappa shape index (κ3) is 26.6. The first-order chi connectivity index (χ1) is 45.4. The maximum atomic E-state index is 8.01. The zero-order chi connectivity index (χ0) is 71.1. The van der Waals surface area contributed by atoms with Gasteiger partial charge in [-0.05, 0) is 0 Å². The van der Waals surface area contributed by atoms with Crippen molar-refractivity contribution < 1.29 is 0 Å². The molecule has 0 aromatic heterocycles. The topological polar surface area (TPSA) is 88.3 Å². The van der Waals surface area contributed by atoms with E-state index in [0.717, 1.165) is 311 Å². The standard InChI is InChI=1S/C72H168IN16P5/c1-25-49-78(50-26-2)90(79(51-27-3)52-28-4,80(53-29-5)54-30-6)74-94(73,75-91(81(55-31-7)56-32-8,82(57-33-9)58-34-10)83(59-35-11)60-36-12,76-92(84(61-37-13)62-38-14,85(63-39-15)64-40-16)86(65-41-17)66-42-18)77-93(87(67-43-19)68-44-20,88(69-45-21)70-46-22)89(71-47-23)72-48-24/h25-72H2,1-24H3. The van der Waals surface area contributed by atoms with Crippen LogP contribution in [0.3, 0.4) is 0 Å². The van der Waals surface area contributed by atoms with Crippen molar-refractivity contribution in [1.29, 1.82) is 0 Å². The van der Waals surface area contributed by atoms with E-state index >= 15 is 0 Å². The van der Waals surface area contributed by atoms with Crippen LogP contribution in [0.4, 0.5) is 0 Å². The summed E-state index contributed by atoms with van der Waals surface area (Å²) < 4.78 is 68.8. The van der Waals surface area contributed by atoms with Gasteiger partial charge in [0.2, 0.25) is 0 Å². The number of nitrogens with zero attached hydrogens (tertiary/aromatic N) is 16. The minimum absolute atomic E-state index is 0.969. The Morgan fingerprint density at radius 1 is 0.160 bits per heavy atom. The molecule has 16 nitrogen and oxygen atoms in total. The van der Waals surface area contributed by atoms with Crippen molar-refractivity contribution in [2.75, 3.05) is 157 Å².